The number of anilines is 1. The molecule has 2 aromatic rings. The van der Waals surface area contributed by atoms with Crippen molar-refractivity contribution in [2.24, 2.45) is 0 Å². The minimum Gasteiger partial charge on any atom is -0.474 e. The number of hydrogen-bond acceptors (Lipinski definition) is 7. The first kappa shape index (κ1) is 29.2. The predicted octanol–water partition coefficient (Wildman–Crippen LogP) is 4.31. The first-order valence-electron chi connectivity index (χ1n) is 13.6. The number of aliphatic hydroxyl groups is 1. The van der Waals surface area contributed by atoms with Crippen LogP contribution in [0.2, 0.25) is 5.02 Å². The number of nitrogens with zero attached hydrogens (tertiary/aromatic N) is 3. The molecule has 3 aliphatic heterocycles. The molecule has 0 spiro atoms. The highest BCUT2D eigenvalue weighted by Crippen LogP contribution is 2.40. The quantitative estimate of drug-likeness (QED) is 0.491. The zero-order valence-electron chi connectivity index (χ0n) is 22.7. The highest BCUT2D eigenvalue weighted by Gasteiger charge is 2.43. The van der Waals surface area contributed by atoms with Crippen LogP contribution in [0, 0.1) is 0 Å². The number of alkyl halides is 3. The van der Waals surface area contributed by atoms with Gasteiger partial charge < -0.3 is 29.7 Å². The zero-order chi connectivity index (χ0) is 29.5. The maximum absolute atomic E-state index is 13.2. The van der Waals surface area contributed by atoms with Crippen molar-refractivity contribution in [3.05, 3.63) is 47.1 Å². The number of hydrogen-bond donors (Lipinski definition) is 2. The Morgan fingerprint density at radius 3 is 2.34 bits per heavy atom. The third-order valence-electron chi connectivity index (χ3n) is 7.82. The first-order chi connectivity index (χ1) is 19.3. The zero-order valence-corrected chi connectivity index (χ0v) is 23.4. The van der Waals surface area contributed by atoms with Crippen molar-refractivity contribution >= 4 is 29.2 Å². The van der Waals surface area contributed by atoms with Gasteiger partial charge in [-0.05, 0) is 70.2 Å². The molecule has 0 saturated carbocycles. The highest BCUT2D eigenvalue weighted by molar-refractivity contribution is 6.30. The van der Waals surface area contributed by atoms with E-state index in [1.165, 1.54) is 26.0 Å². The number of aliphatic hydroxyl groups excluding tert-OH is 1. The summed E-state index contributed by atoms with van der Waals surface area (Å²) in [7, 11) is 0. The number of likely N-dealkylation sites (tertiary alicyclic amines) is 1. The molecular weight excluding hydrogens is 565 g/mol. The summed E-state index contributed by atoms with van der Waals surface area (Å²) in [6.45, 7) is 3.81. The van der Waals surface area contributed by atoms with Gasteiger partial charge in [-0.3, -0.25) is 9.59 Å². The number of fused-ring (bicyclic) bond motifs is 2. The van der Waals surface area contributed by atoms with Gasteiger partial charge in [-0.1, -0.05) is 11.6 Å². The van der Waals surface area contributed by atoms with E-state index in [-0.39, 0.29) is 34.8 Å². The fraction of sp³-hybridized carbons (Fsp3) is 0.536. The highest BCUT2D eigenvalue weighted by atomic mass is 35.5. The Bertz CT molecular complexity index is 1280. The average Bonchev–Trinajstić information content (AvgIpc) is 3.44. The molecule has 2 amide bonds. The molecule has 3 atom stereocenters. The van der Waals surface area contributed by atoms with Crippen LogP contribution in [0.5, 0.6) is 11.5 Å². The minimum absolute atomic E-state index is 0.0308. The number of carbonyl (C=O) groups is 2. The summed E-state index contributed by atoms with van der Waals surface area (Å²) in [5, 5.41) is 12.8. The van der Waals surface area contributed by atoms with Crippen molar-refractivity contribution in [2.75, 3.05) is 18.0 Å². The van der Waals surface area contributed by atoms with Gasteiger partial charge in [0, 0.05) is 48.5 Å². The van der Waals surface area contributed by atoms with Crippen LogP contribution < -0.4 is 19.7 Å². The molecule has 9 nitrogen and oxygen atoms in total. The van der Waals surface area contributed by atoms with E-state index in [0.29, 0.717) is 37.9 Å². The first-order valence-corrected chi connectivity index (χ1v) is 13.9. The van der Waals surface area contributed by atoms with Gasteiger partial charge in [-0.25, -0.2) is 4.98 Å². The summed E-state index contributed by atoms with van der Waals surface area (Å²) in [5.41, 5.74) is -1.02. The number of rotatable bonds is 7. The Kier molecular flexibility index (Phi) is 7.99. The number of amides is 2. The lowest BCUT2D eigenvalue weighted by atomic mass is 9.96. The molecule has 2 bridgehead atoms. The molecule has 3 unspecified atom stereocenters. The smallest absolute Gasteiger partial charge is 0.474 e. The summed E-state index contributed by atoms with van der Waals surface area (Å²) in [6.07, 6.45) is -0.121. The maximum Gasteiger partial charge on any atom is 0.573 e. The van der Waals surface area contributed by atoms with Gasteiger partial charge in [0.2, 0.25) is 0 Å². The predicted molar refractivity (Wildman–Crippen MR) is 144 cm³/mol. The number of β-amino-alcohol motifs (C(OH)–C–C–N with tert-alkyl or cyclic N) is 1. The van der Waals surface area contributed by atoms with Crippen LogP contribution in [0.25, 0.3) is 0 Å². The largest absolute Gasteiger partial charge is 0.573 e. The molecule has 1 aromatic heterocycles. The molecular formula is C28H32ClF3N4O5. The lowest BCUT2D eigenvalue weighted by Gasteiger charge is -2.41. The van der Waals surface area contributed by atoms with Crippen LogP contribution in [0.1, 0.15) is 56.3 Å². The van der Waals surface area contributed by atoms with Gasteiger partial charge >= 0.3 is 6.36 Å². The second kappa shape index (κ2) is 11.2. The average molecular weight is 597 g/mol. The van der Waals surface area contributed by atoms with Crippen molar-refractivity contribution in [1.29, 1.82) is 0 Å². The van der Waals surface area contributed by atoms with Crippen LogP contribution in [-0.2, 0) is 4.79 Å². The molecule has 0 aliphatic carbocycles. The number of pyridine rings is 1. The Balaban J connectivity index is 1.20. The Morgan fingerprint density at radius 2 is 1.76 bits per heavy atom. The molecule has 222 valence electrons. The maximum atomic E-state index is 13.2. The summed E-state index contributed by atoms with van der Waals surface area (Å²) >= 11 is 5.83. The fourth-order valence-corrected chi connectivity index (χ4v) is 6.06. The molecule has 41 heavy (non-hydrogen) atoms. The minimum atomic E-state index is -4.95. The standard InChI is InChI=1S/C28H32ClF3N4O5/c1-27(2,40-22-7-4-17(29)11-23(22)41-28(30,31)32)26(39)34-18-12-19-5-6-20(13-18)36(19)24-8-3-16(14-33-24)25(38)35-10-9-21(37)15-35/h3-4,7-8,11,14,18-21,37H,5-6,9-10,12-13,15H2,1-2H3,(H,34,39). The summed E-state index contributed by atoms with van der Waals surface area (Å²) in [5.74, 6) is -0.725. The Hall–Kier alpha value is -3.25. The van der Waals surface area contributed by atoms with E-state index in [0.717, 1.165) is 24.7 Å². The third-order valence-corrected chi connectivity index (χ3v) is 8.06. The van der Waals surface area contributed by atoms with E-state index in [1.807, 2.05) is 6.07 Å². The van der Waals surface area contributed by atoms with E-state index < -0.39 is 29.7 Å². The number of carbonyl (C=O) groups excluding carboxylic acids is 2. The van der Waals surface area contributed by atoms with Gasteiger partial charge in [-0.2, -0.15) is 0 Å². The molecule has 1 aromatic carbocycles. The van der Waals surface area contributed by atoms with Gasteiger partial charge in [0.15, 0.2) is 17.1 Å². The van der Waals surface area contributed by atoms with Crippen molar-refractivity contribution in [2.45, 2.75) is 82.1 Å². The van der Waals surface area contributed by atoms with Crippen molar-refractivity contribution < 1.29 is 37.3 Å². The number of ether oxygens (including phenoxy) is 2. The van der Waals surface area contributed by atoms with Crippen molar-refractivity contribution in [3.8, 4) is 11.5 Å². The second-order valence-corrected chi connectivity index (χ2v) is 11.7. The van der Waals surface area contributed by atoms with Crippen molar-refractivity contribution in [1.82, 2.24) is 15.2 Å². The SMILES string of the molecule is CC(C)(Oc1ccc(Cl)cc1OC(F)(F)F)C(=O)NC1CC2CCC(C1)N2c1ccc(C(=O)N2CCC(O)C2)cn1. The van der Waals surface area contributed by atoms with E-state index in [2.05, 4.69) is 19.9 Å². The Morgan fingerprint density at radius 1 is 1.05 bits per heavy atom. The molecule has 3 fully saturated rings. The molecule has 5 rings (SSSR count). The molecule has 4 heterocycles. The van der Waals surface area contributed by atoms with E-state index in [9.17, 15) is 27.9 Å². The number of benzene rings is 1. The summed E-state index contributed by atoms with van der Waals surface area (Å²) in [6, 6.07) is 7.29. The Labute approximate surface area is 240 Å². The number of aromatic nitrogens is 1. The molecule has 3 aliphatic rings. The monoisotopic (exact) mass is 596 g/mol. The molecule has 13 heteroatoms. The van der Waals surface area contributed by atoms with Gasteiger partial charge in [-0.15, -0.1) is 13.2 Å². The molecule has 2 N–H and O–H groups in total. The summed E-state index contributed by atoms with van der Waals surface area (Å²) < 4.78 is 48.4. The number of piperidine rings is 1. The van der Waals surface area contributed by atoms with Gasteiger partial charge in [0.05, 0.1) is 11.7 Å². The number of nitrogens with one attached hydrogen (secondary N) is 1. The lowest BCUT2D eigenvalue weighted by Crippen LogP contribution is -2.55. The lowest BCUT2D eigenvalue weighted by molar-refractivity contribution is -0.275. The van der Waals surface area contributed by atoms with Crippen molar-refractivity contribution in [3.63, 3.8) is 0 Å². The second-order valence-electron chi connectivity index (χ2n) is 11.3. The van der Waals surface area contributed by atoms with Gasteiger partial charge in [0.25, 0.3) is 11.8 Å². The normalized spacial score (nSPS) is 24.4. The topological polar surface area (TPSA) is 104 Å². The molecule has 3 saturated heterocycles. The third kappa shape index (κ3) is 6.64. The van der Waals surface area contributed by atoms with Crippen LogP contribution in [-0.4, -0.2) is 76.1 Å². The van der Waals surface area contributed by atoms with Crippen LogP contribution in [0.3, 0.4) is 0 Å². The molecule has 0 radical (unpaired) electrons. The van der Waals surface area contributed by atoms with E-state index in [4.69, 9.17) is 16.3 Å². The van der Waals surface area contributed by atoms with E-state index >= 15 is 0 Å². The van der Waals surface area contributed by atoms with Crippen LogP contribution >= 0.6 is 11.6 Å². The van der Waals surface area contributed by atoms with Gasteiger partial charge in [0.1, 0.15) is 5.82 Å². The fourth-order valence-electron chi connectivity index (χ4n) is 5.89. The van der Waals surface area contributed by atoms with Crippen LogP contribution in [0.15, 0.2) is 36.5 Å². The summed E-state index contributed by atoms with van der Waals surface area (Å²) in [4.78, 5) is 34.4. The van der Waals surface area contributed by atoms with Crippen LogP contribution in [0.4, 0.5) is 19.0 Å². The number of halogens is 4. The van der Waals surface area contributed by atoms with E-state index in [1.54, 1.807) is 17.2 Å².